The Bertz CT molecular complexity index is 790. The molecule has 1 amide bonds. The number of rotatable bonds is 6. The summed E-state index contributed by atoms with van der Waals surface area (Å²) in [6, 6.07) is 7.68. The molecular formula is C20H25N3O4. The maximum absolute atomic E-state index is 12.7. The lowest BCUT2D eigenvalue weighted by molar-refractivity contribution is 0.0653. The Morgan fingerprint density at radius 3 is 2.41 bits per heavy atom. The number of carbonyl (C=O) groups is 2. The molecule has 1 saturated heterocycles. The van der Waals surface area contributed by atoms with Crippen LogP contribution in [0.15, 0.2) is 36.7 Å². The van der Waals surface area contributed by atoms with Gasteiger partial charge in [-0.25, -0.2) is 4.79 Å². The standard InChI is InChI=1S/C20H25N3O4/c1-14(2)27-13-15-3-5-16(6-4-15)19(24)22-9-7-18(8-10-22)23-12-17(11-21-23)20(25)26/h3-6,11-12,14,18H,7-10,13H2,1-2H3,(H,25,26). The molecule has 27 heavy (non-hydrogen) atoms. The molecule has 0 unspecified atom stereocenters. The average Bonchev–Trinajstić information content (AvgIpc) is 3.17. The van der Waals surface area contributed by atoms with Gasteiger partial charge in [-0.15, -0.1) is 0 Å². The monoisotopic (exact) mass is 371 g/mol. The van der Waals surface area contributed by atoms with Crippen LogP contribution in [0, 0.1) is 0 Å². The Hall–Kier alpha value is -2.67. The van der Waals surface area contributed by atoms with Gasteiger partial charge in [0.25, 0.3) is 5.91 Å². The Labute approximate surface area is 158 Å². The van der Waals surface area contributed by atoms with Gasteiger partial charge in [-0.1, -0.05) is 12.1 Å². The first-order valence-corrected chi connectivity index (χ1v) is 9.21. The van der Waals surface area contributed by atoms with Crippen LogP contribution >= 0.6 is 0 Å². The zero-order chi connectivity index (χ0) is 19.4. The van der Waals surface area contributed by atoms with Gasteiger partial charge in [-0.05, 0) is 44.4 Å². The Balaban J connectivity index is 1.55. The molecule has 2 heterocycles. The van der Waals surface area contributed by atoms with Crippen molar-refractivity contribution in [3.8, 4) is 0 Å². The fourth-order valence-corrected chi connectivity index (χ4v) is 3.17. The number of hydrogen-bond donors (Lipinski definition) is 1. The highest BCUT2D eigenvalue weighted by Gasteiger charge is 2.25. The minimum Gasteiger partial charge on any atom is -0.478 e. The molecule has 1 aliphatic heterocycles. The third kappa shape index (κ3) is 4.74. The Morgan fingerprint density at radius 1 is 1.19 bits per heavy atom. The van der Waals surface area contributed by atoms with Crippen LogP contribution in [0.3, 0.4) is 0 Å². The molecule has 1 aromatic heterocycles. The van der Waals surface area contributed by atoms with Crippen LogP contribution in [0.4, 0.5) is 0 Å². The maximum atomic E-state index is 12.7. The zero-order valence-corrected chi connectivity index (χ0v) is 15.7. The molecule has 0 saturated carbocycles. The number of carboxylic acids is 1. The number of amides is 1. The molecule has 0 spiro atoms. The topological polar surface area (TPSA) is 84.7 Å². The van der Waals surface area contributed by atoms with Crippen molar-refractivity contribution < 1.29 is 19.4 Å². The number of aromatic nitrogens is 2. The molecule has 0 aliphatic carbocycles. The van der Waals surface area contributed by atoms with Gasteiger partial charge in [-0.3, -0.25) is 9.48 Å². The van der Waals surface area contributed by atoms with E-state index in [0.717, 1.165) is 18.4 Å². The molecule has 0 radical (unpaired) electrons. The SMILES string of the molecule is CC(C)OCc1ccc(C(=O)N2CCC(n3cc(C(=O)O)cn3)CC2)cc1. The van der Waals surface area contributed by atoms with Gasteiger partial charge in [0.2, 0.25) is 0 Å². The summed E-state index contributed by atoms with van der Waals surface area (Å²) in [7, 11) is 0. The number of carbonyl (C=O) groups excluding carboxylic acids is 1. The molecule has 7 heteroatoms. The second-order valence-electron chi connectivity index (χ2n) is 7.09. The van der Waals surface area contributed by atoms with Crippen molar-refractivity contribution in [1.29, 1.82) is 0 Å². The minimum atomic E-state index is -0.976. The van der Waals surface area contributed by atoms with Crippen LogP contribution < -0.4 is 0 Å². The summed E-state index contributed by atoms with van der Waals surface area (Å²) in [5, 5.41) is 13.2. The molecule has 3 rings (SSSR count). The summed E-state index contributed by atoms with van der Waals surface area (Å²) < 4.78 is 7.28. The molecule has 0 atom stereocenters. The third-order valence-corrected chi connectivity index (χ3v) is 4.76. The fourth-order valence-electron chi connectivity index (χ4n) is 3.17. The number of nitrogens with zero attached hydrogens (tertiary/aromatic N) is 3. The van der Waals surface area contributed by atoms with Crippen LogP contribution in [0.25, 0.3) is 0 Å². The fraction of sp³-hybridized carbons (Fsp3) is 0.450. The predicted molar refractivity (Wildman–Crippen MR) is 99.7 cm³/mol. The predicted octanol–water partition coefficient (Wildman–Crippen LogP) is 2.98. The summed E-state index contributed by atoms with van der Waals surface area (Å²) in [6.45, 7) is 5.79. The highest BCUT2D eigenvalue weighted by molar-refractivity contribution is 5.94. The summed E-state index contributed by atoms with van der Waals surface area (Å²) in [5.74, 6) is -0.951. The van der Waals surface area contributed by atoms with Gasteiger partial charge in [0.05, 0.1) is 30.5 Å². The van der Waals surface area contributed by atoms with E-state index in [0.29, 0.717) is 25.3 Å². The van der Waals surface area contributed by atoms with Gasteiger partial charge >= 0.3 is 5.97 Å². The molecule has 0 bridgehead atoms. The normalized spacial score (nSPS) is 15.3. The van der Waals surface area contributed by atoms with Crippen LogP contribution in [-0.4, -0.2) is 50.9 Å². The van der Waals surface area contributed by atoms with Crippen molar-refractivity contribution in [3.05, 3.63) is 53.3 Å². The lowest BCUT2D eigenvalue weighted by Crippen LogP contribution is -2.39. The molecule has 1 fully saturated rings. The van der Waals surface area contributed by atoms with E-state index in [2.05, 4.69) is 5.10 Å². The van der Waals surface area contributed by atoms with E-state index in [9.17, 15) is 9.59 Å². The Kier molecular flexibility index (Phi) is 5.91. The lowest BCUT2D eigenvalue weighted by Gasteiger charge is -2.32. The van der Waals surface area contributed by atoms with E-state index in [1.165, 1.54) is 6.20 Å². The van der Waals surface area contributed by atoms with E-state index < -0.39 is 5.97 Å². The van der Waals surface area contributed by atoms with E-state index in [4.69, 9.17) is 9.84 Å². The van der Waals surface area contributed by atoms with Gasteiger partial charge in [0, 0.05) is 24.8 Å². The highest BCUT2D eigenvalue weighted by Crippen LogP contribution is 2.23. The van der Waals surface area contributed by atoms with Crippen LogP contribution in [0.5, 0.6) is 0 Å². The minimum absolute atomic E-state index is 0.0245. The largest absolute Gasteiger partial charge is 0.478 e. The molecule has 1 aromatic carbocycles. The van der Waals surface area contributed by atoms with Crippen molar-refractivity contribution >= 4 is 11.9 Å². The number of hydrogen-bond acceptors (Lipinski definition) is 4. The van der Waals surface area contributed by atoms with Crippen molar-refractivity contribution in [2.45, 2.75) is 45.4 Å². The van der Waals surface area contributed by atoms with Gasteiger partial charge in [0.15, 0.2) is 0 Å². The number of likely N-dealkylation sites (tertiary alicyclic amines) is 1. The number of ether oxygens (including phenoxy) is 1. The van der Waals surface area contributed by atoms with Crippen molar-refractivity contribution in [2.75, 3.05) is 13.1 Å². The first-order chi connectivity index (χ1) is 12.9. The molecule has 1 N–H and O–H groups in total. The molecular weight excluding hydrogens is 346 g/mol. The van der Waals surface area contributed by atoms with Gasteiger partial charge in [-0.2, -0.15) is 5.10 Å². The van der Waals surface area contributed by atoms with E-state index in [1.807, 2.05) is 43.0 Å². The van der Waals surface area contributed by atoms with Crippen LogP contribution in [0.2, 0.25) is 0 Å². The molecule has 7 nitrogen and oxygen atoms in total. The lowest BCUT2D eigenvalue weighted by atomic mass is 10.0. The third-order valence-electron chi connectivity index (χ3n) is 4.76. The zero-order valence-electron chi connectivity index (χ0n) is 15.7. The summed E-state index contributed by atoms with van der Waals surface area (Å²) >= 11 is 0. The Morgan fingerprint density at radius 2 is 1.85 bits per heavy atom. The smallest absolute Gasteiger partial charge is 0.338 e. The van der Waals surface area contributed by atoms with Crippen molar-refractivity contribution in [1.82, 2.24) is 14.7 Å². The molecule has 2 aromatic rings. The van der Waals surface area contributed by atoms with Crippen LogP contribution in [0.1, 0.15) is 59.0 Å². The molecule has 144 valence electrons. The molecule has 1 aliphatic rings. The average molecular weight is 371 g/mol. The van der Waals surface area contributed by atoms with Crippen molar-refractivity contribution in [3.63, 3.8) is 0 Å². The first kappa shape index (κ1) is 19.1. The van der Waals surface area contributed by atoms with E-state index in [1.54, 1.807) is 10.9 Å². The summed E-state index contributed by atoms with van der Waals surface area (Å²) in [4.78, 5) is 25.5. The second kappa shape index (κ2) is 8.35. The number of aromatic carboxylic acids is 1. The van der Waals surface area contributed by atoms with Gasteiger partial charge in [0.1, 0.15) is 0 Å². The maximum Gasteiger partial charge on any atom is 0.338 e. The summed E-state index contributed by atoms with van der Waals surface area (Å²) in [5.41, 5.74) is 1.91. The quantitative estimate of drug-likeness (QED) is 0.844. The number of carboxylic acid groups (broad SMARTS) is 1. The number of benzene rings is 1. The highest BCUT2D eigenvalue weighted by atomic mass is 16.5. The van der Waals surface area contributed by atoms with Crippen molar-refractivity contribution in [2.24, 2.45) is 0 Å². The summed E-state index contributed by atoms with van der Waals surface area (Å²) in [6.07, 6.45) is 4.61. The number of piperidine rings is 1. The van der Waals surface area contributed by atoms with E-state index in [-0.39, 0.29) is 23.6 Å². The van der Waals surface area contributed by atoms with E-state index >= 15 is 0 Å². The van der Waals surface area contributed by atoms with Gasteiger partial charge < -0.3 is 14.7 Å². The van der Waals surface area contributed by atoms with Crippen LogP contribution in [-0.2, 0) is 11.3 Å². The first-order valence-electron chi connectivity index (χ1n) is 9.21. The second-order valence-corrected chi connectivity index (χ2v) is 7.09.